The number of esters is 2. The molecule has 0 saturated heterocycles. The molecule has 0 aliphatic rings. The van der Waals surface area contributed by atoms with Gasteiger partial charge in [-0.15, -0.1) is 0 Å². The van der Waals surface area contributed by atoms with Gasteiger partial charge in [0, 0.05) is 6.08 Å². The van der Waals surface area contributed by atoms with E-state index in [2.05, 4.69) is 9.47 Å². The van der Waals surface area contributed by atoms with Crippen molar-refractivity contribution in [3.05, 3.63) is 42.0 Å². The summed E-state index contributed by atoms with van der Waals surface area (Å²) in [5.41, 5.74) is -2.18. The molecule has 0 unspecified atom stereocenters. The summed E-state index contributed by atoms with van der Waals surface area (Å²) in [4.78, 5) is 24.4. The number of carbonyl (C=O) groups is 2. The zero-order valence-corrected chi connectivity index (χ0v) is 25.8. The van der Waals surface area contributed by atoms with Gasteiger partial charge in [0.05, 0.1) is 31.6 Å². The molecule has 0 atom stereocenters. The number of carbonyl (C=O) groups excluding carboxylic acids is 2. The molecule has 0 spiro atoms. The van der Waals surface area contributed by atoms with Crippen molar-refractivity contribution in [2.45, 2.75) is 84.4 Å². The van der Waals surface area contributed by atoms with E-state index >= 15 is 0 Å². The van der Waals surface area contributed by atoms with Crippen LogP contribution in [0, 0.1) is 0 Å². The minimum Gasteiger partial charge on any atom is -0.462 e. The Kier molecular flexibility index (Phi) is 13.5. The maximum atomic E-state index is 14.0. The molecule has 56 heavy (non-hydrogen) atoms. The van der Waals surface area contributed by atoms with E-state index in [-0.39, 0.29) is 6.08 Å². The molecule has 0 N–H and O–H groups in total. The highest BCUT2D eigenvalue weighted by atomic mass is 19.4. The lowest BCUT2D eigenvalue weighted by molar-refractivity contribution is -0.440. The standard InChI is InChI=1S/C26H14F26O4/c27-15(28,17(31,32)19(35,36)21(39,40)23(43,44)25(47,48)49)6-8-55-13(53)10-12(11-4-2-1-3-5-11)14(54)56-9-7-16(29,30)18(33,34)20(37,38)22(41,42)24(45,46)26(50,51)52/h1-5,10H,6-9H2. The number of rotatable bonds is 17. The summed E-state index contributed by atoms with van der Waals surface area (Å²) in [7, 11) is 0. The first-order valence-electron chi connectivity index (χ1n) is 13.5. The van der Waals surface area contributed by atoms with Gasteiger partial charge in [0.1, 0.15) is 0 Å². The number of alkyl halides is 26. The molecule has 0 saturated carbocycles. The zero-order valence-electron chi connectivity index (χ0n) is 25.8. The van der Waals surface area contributed by atoms with Gasteiger partial charge in [0.25, 0.3) is 0 Å². The third-order valence-corrected chi connectivity index (χ3v) is 6.87. The van der Waals surface area contributed by atoms with E-state index < -0.39 is 121 Å². The number of hydrogen-bond acceptors (Lipinski definition) is 4. The van der Waals surface area contributed by atoms with Crippen LogP contribution < -0.4 is 0 Å². The second-order valence-electron chi connectivity index (χ2n) is 10.7. The number of halogens is 26. The first kappa shape index (κ1) is 50.1. The third-order valence-electron chi connectivity index (χ3n) is 6.87. The van der Waals surface area contributed by atoms with Crippen LogP contribution in [0.5, 0.6) is 0 Å². The van der Waals surface area contributed by atoms with Crippen LogP contribution in [0.2, 0.25) is 0 Å². The van der Waals surface area contributed by atoms with Crippen LogP contribution in [0.15, 0.2) is 36.4 Å². The van der Waals surface area contributed by atoms with Crippen molar-refractivity contribution in [1.82, 2.24) is 0 Å². The SMILES string of the molecule is O=C(C=C(C(=O)OCCC(F)(F)C(F)(F)C(F)(F)C(F)(F)C(F)(F)C(F)(F)F)c1ccccc1)OCCC(F)(F)C(F)(F)C(F)(F)C(F)(F)C(F)(F)C(F)(F)F. The van der Waals surface area contributed by atoms with Gasteiger partial charge >= 0.3 is 83.5 Å². The van der Waals surface area contributed by atoms with E-state index in [1.54, 1.807) is 0 Å². The number of benzene rings is 1. The second-order valence-corrected chi connectivity index (χ2v) is 10.7. The van der Waals surface area contributed by atoms with Crippen molar-refractivity contribution in [3.63, 3.8) is 0 Å². The van der Waals surface area contributed by atoms with Crippen LogP contribution >= 0.6 is 0 Å². The van der Waals surface area contributed by atoms with Gasteiger partial charge < -0.3 is 9.47 Å². The predicted octanol–water partition coefficient (Wildman–Crippen LogP) is 10.4. The Balaban J connectivity index is 3.28. The molecular formula is C26H14F26O4. The van der Waals surface area contributed by atoms with Crippen molar-refractivity contribution >= 4 is 17.5 Å². The van der Waals surface area contributed by atoms with Gasteiger partial charge in [0.15, 0.2) is 0 Å². The molecular weight excluding hydrogens is 870 g/mol. The zero-order chi connectivity index (χ0) is 44.8. The molecule has 324 valence electrons. The van der Waals surface area contributed by atoms with E-state index in [0.717, 1.165) is 18.2 Å². The van der Waals surface area contributed by atoms with E-state index in [4.69, 9.17) is 0 Å². The summed E-state index contributed by atoms with van der Waals surface area (Å²) in [5.74, 6) is -82.9. The molecule has 0 radical (unpaired) electrons. The average molecular weight is 884 g/mol. The third kappa shape index (κ3) is 8.37. The Labute approximate surface area is 291 Å². The molecule has 4 nitrogen and oxygen atoms in total. The Hall–Kier alpha value is -3.92. The Bertz CT molecular complexity index is 1570. The molecule has 0 aliphatic heterocycles. The smallest absolute Gasteiger partial charge is 0.460 e. The minimum atomic E-state index is -8.28. The van der Waals surface area contributed by atoms with Gasteiger partial charge in [-0.3, -0.25) is 0 Å². The second kappa shape index (κ2) is 15.1. The minimum absolute atomic E-state index is 0.346. The molecule has 1 aromatic rings. The maximum absolute atomic E-state index is 14.0. The topological polar surface area (TPSA) is 52.6 Å². The fourth-order valence-corrected chi connectivity index (χ4v) is 3.58. The van der Waals surface area contributed by atoms with Gasteiger partial charge in [-0.25, -0.2) is 9.59 Å². The average Bonchev–Trinajstić information content (AvgIpc) is 3.01. The highest BCUT2D eigenvalue weighted by Crippen LogP contribution is 2.62. The first-order valence-corrected chi connectivity index (χ1v) is 13.5. The fourth-order valence-electron chi connectivity index (χ4n) is 3.58. The number of ether oxygens (including phenoxy) is 2. The fraction of sp³-hybridized carbons (Fsp3) is 0.615. The molecule has 1 aromatic carbocycles. The van der Waals surface area contributed by atoms with E-state index in [1.807, 2.05) is 0 Å². The lowest BCUT2D eigenvalue weighted by Crippen LogP contribution is -2.70. The van der Waals surface area contributed by atoms with E-state index in [0.29, 0.717) is 12.1 Å². The van der Waals surface area contributed by atoms with E-state index in [1.165, 1.54) is 0 Å². The summed E-state index contributed by atoms with van der Waals surface area (Å²) >= 11 is 0. The van der Waals surface area contributed by atoms with Crippen LogP contribution in [0.25, 0.3) is 5.57 Å². The van der Waals surface area contributed by atoms with Crippen LogP contribution in [0.3, 0.4) is 0 Å². The Morgan fingerprint density at radius 3 is 1.05 bits per heavy atom. The van der Waals surface area contributed by atoms with E-state index in [9.17, 15) is 124 Å². The molecule has 30 heteroatoms. The molecule has 0 aromatic heterocycles. The summed E-state index contributed by atoms with van der Waals surface area (Å²) in [6.45, 7) is -4.81. The maximum Gasteiger partial charge on any atom is 0.460 e. The van der Waals surface area contributed by atoms with Crippen molar-refractivity contribution in [2.24, 2.45) is 0 Å². The molecule has 0 bridgehead atoms. The summed E-state index contributed by atoms with van der Waals surface area (Å²) in [5, 5.41) is 0. The predicted molar refractivity (Wildman–Crippen MR) is 127 cm³/mol. The van der Waals surface area contributed by atoms with Gasteiger partial charge in [-0.2, -0.15) is 114 Å². The number of hydrogen-bond donors (Lipinski definition) is 0. The summed E-state index contributed by atoms with van der Waals surface area (Å²) < 4.78 is 352. The van der Waals surface area contributed by atoms with Crippen molar-refractivity contribution in [3.8, 4) is 0 Å². The summed E-state index contributed by atoms with van der Waals surface area (Å²) in [6, 6.07) is 4.32. The Morgan fingerprint density at radius 1 is 0.429 bits per heavy atom. The largest absolute Gasteiger partial charge is 0.462 e. The molecule has 0 amide bonds. The van der Waals surface area contributed by atoms with Crippen LogP contribution in [0.4, 0.5) is 114 Å². The van der Waals surface area contributed by atoms with Gasteiger partial charge in [0.2, 0.25) is 0 Å². The van der Waals surface area contributed by atoms with Crippen molar-refractivity contribution < 1.29 is 133 Å². The lowest BCUT2D eigenvalue weighted by Gasteiger charge is -2.39. The lowest BCUT2D eigenvalue weighted by atomic mass is 9.93. The molecule has 1 rings (SSSR count). The highest BCUT2D eigenvalue weighted by molar-refractivity contribution is 6.20. The molecule has 0 aliphatic carbocycles. The molecule has 0 fully saturated rings. The summed E-state index contributed by atoms with van der Waals surface area (Å²) in [6.07, 6.45) is -22.0. The monoisotopic (exact) mass is 884 g/mol. The van der Waals surface area contributed by atoms with Gasteiger partial charge in [-0.1, -0.05) is 30.3 Å². The van der Waals surface area contributed by atoms with Crippen LogP contribution in [-0.2, 0) is 19.1 Å². The normalized spacial score (nSPS) is 15.5. The molecule has 0 heterocycles. The van der Waals surface area contributed by atoms with Crippen LogP contribution in [-0.4, -0.2) is 96.7 Å². The van der Waals surface area contributed by atoms with Crippen LogP contribution in [0.1, 0.15) is 18.4 Å². The highest BCUT2D eigenvalue weighted by Gasteiger charge is 2.92. The Morgan fingerprint density at radius 2 is 0.732 bits per heavy atom. The van der Waals surface area contributed by atoms with Crippen molar-refractivity contribution in [1.29, 1.82) is 0 Å². The van der Waals surface area contributed by atoms with Crippen molar-refractivity contribution in [2.75, 3.05) is 13.2 Å². The quantitative estimate of drug-likeness (QED) is 0.0889. The first-order chi connectivity index (χ1) is 24.5. The van der Waals surface area contributed by atoms with Gasteiger partial charge in [-0.05, 0) is 5.56 Å².